The predicted octanol–water partition coefficient (Wildman–Crippen LogP) is 3.29. The SMILES string of the molecule is CC(NC(=O)C(C#N)C(=O)/C=C/c1ccccc1)c1ccccc1. The Labute approximate surface area is 141 Å². The average Bonchev–Trinajstić information content (AvgIpc) is 2.62. The van der Waals surface area contributed by atoms with Gasteiger partial charge in [-0.15, -0.1) is 0 Å². The van der Waals surface area contributed by atoms with E-state index >= 15 is 0 Å². The number of rotatable bonds is 6. The molecule has 0 heterocycles. The van der Waals surface area contributed by atoms with Gasteiger partial charge in [0.15, 0.2) is 11.7 Å². The van der Waals surface area contributed by atoms with Crippen molar-refractivity contribution in [3.63, 3.8) is 0 Å². The van der Waals surface area contributed by atoms with Crippen molar-refractivity contribution in [1.29, 1.82) is 5.26 Å². The van der Waals surface area contributed by atoms with E-state index < -0.39 is 17.6 Å². The largest absolute Gasteiger partial charge is 0.348 e. The van der Waals surface area contributed by atoms with E-state index in [1.807, 2.05) is 67.6 Å². The quantitative estimate of drug-likeness (QED) is 0.656. The Hall–Kier alpha value is -3.19. The summed E-state index contributed by atoms with van der Waals surface area (Å²) in [5.41, 5.74) is 1.75. The molecule has 0 fully saturated rings. The fraction of sp³-hybridized carbons (Fsp3) is 0.150. The summed E-state index contributed by atoms with van der Waals surface area (Å²) in [7, 11) is 0. The van der Waals surface area contributed by atoms with Crippen LogP contribution in [-0.2, 0) is 9.59 Å². The monoisotopic (exact) mass is 318 g/mol. The first-order chi connectivity index (χ1) is 11.6. The van der Waals surface area contributed by atoms with Gasteiger partial charge >= 0.3 is 0 Å². The van der Waals surface area contributed by atoms with Crippen molar-refractivity contribution in [2.75, 3.05) is 0 Å². The number of hydrogen-bond acceptors (Lipinski definition) is 3. The molecule has 2 rings (SSSR count). The van der Waals surface area contributed by atoms with Crippen LogP contribution in [0.5, 0.6) is 0 Å². The molecule has 0 aliphatic carbocycles. The summed E-state index contributed by atoms with van der Waals surface area (Å²) in [6, 6.07) is 20.1. The summed E-state index contributed by atoms with van der Waals surface area (Å²) in [6.45, 7) is 1.81. The average molecular weight is 318 g/mol. The lowest BCUT2D eigenvalue weighted by Crippen LogP contribution is -2.35. The second-order valence-electron chi connectivity index (χ2n) is 5.35. The van der Waals surface area contributed by atoms with Crippen LogP contribution in [0.25, 0.3) is 6.08 Å². The summed E-state index contributed by atoms with van der Waals surface area (Å²) in [5.74, 6) is -2.47. The van der Waals surface area contributed by atoms with Crippen molar-refractivity contribution in [2.24, 2.45) is 5.92 Å². The normalized spacial score (nSPS) is 13.0. The third-order valence-corrected chi connectivity index (χ3v) is 3.57. The van der Waals surface area contributed by atoms with Gasteiger partial charge in [0.05, 0.1) is 12.1 Å². The fourth-order valence-corrected chi connectivity index (χ4v) is 2.21. The van der Waals surface area contributed by atoms with Gasteiger partial charge in [-0.2, -0.15) is 5.26 Å². The lowest BCUT2D eigenvalue weighted by Gasteiger charge is -2.15. The Bertz CT molecular complexity index is 761. The second-order valence-corrected chi connectivity index (χ2v) is 5.35. The molecule has 0 saturated heterocycles. The number of nitrogens with zero attached hydrogens (tertiary/aromatic N) is 1. The molecule has 2 unspecified atom stereocenters. The highest BCUT2D eigenvalue weighted by Gasteiger charge is 2.25. The molecular formula is C20H18N2O2. The topological polar surface area (TPSA) is 70.0 Å². The van der Waals surface area contributed by atoms with Crippen LogP contribution in [0.15, 0.2) is 66.7 Å². The number of nitrogens with one attached hydrogen (secondary N) is 1. The zero-order valence-electron chi connectivity index (χ0n) is 13.3. The van der Waals surface area contributed by atoms with Gasteiger partial charge in [0.2, 0.25) is 5.91 Å². The van der Waals surface area contributed by atoms with Crippen molar-refractivity contribution < 1.29 is 9.59 Å². The first-order valence-corrected chi connectivity index (χ1v) is 7.63. The zero-order valence-corrected chi connectivity index (χ0v) is 13.3. The number of hydrogen-bond donors (Lipinski definition) is 1. The van der Waals surface area contributed by atoms with E-state index in [1.54, 1.807) is 12.1 Å². The highest BCUT2D eigenvalue weighted by Crippen LogP contribution is 2.13. The first-order valence-electron chi connectivity index (χ1n) is 7.63. The van der Waals surface area contributed by atoms with Gasteiger partial charge < -0.3 is 5.32 Å². The van der Waals surface area contributed by atoms with Gasteiger partial charge in [-0.1, -0.05) is 66.7 Å². The fourth-order valence-electron chi connectivity index (χ4n) is 2.21. The summed E-state index contributed by atoms with van der Waals surface area (Å²) < 4.78 is 0. The number of ketones is 1. The van der Waals surface area contributed by atoms with E-state index in [4.69, 9.17) is 0 Å². The standard InChI is InChI=1S/C20H18N2O2/c1-15(17-10-6-3-7-11-17)22-20(24)18(14-21)19(23)13-12-16-8-4-2-5-9-16/h2-13,15,18H,1H3,(H,22,24)/b13-12+. The highest BCUT2D eigenvalue weighted by atomic mass is 16.2. The third kappa shape index (κ3) is 4.65. The molecule has 0 radical (unpaired) electrons. The lowest BCUT2D eigenvalue weighted by molar-refractivity contribution is -0.129. The van der Waals surface area contributed by atoms with Crippen LogP contribution < -0.4 is 5.32 Å². The number of allylic oxidation sites excluding steroid dienone is 1. The van der Waals surface area contributed by atoms with E-state index in [0.29, 0.717) is 0 Å². The van der Waals surface area contributed by atoms with E-state index in [0.717, 1.165) is 11.1 Å². The van der Waals surface area contributed by atoms with Gasteiger partial charge in [0.1, 0.15) is 0 Å². The minimum absolute atomic E-state index is 0.277. The number of amides is 1. The van der Waals surface area contributed by atoms with Crippen molar-refractivity contribution >= 4 is 17.8 Å². The van der Waals surface area contributed by atoms with Crippen molar-refractivity contribution in [3.05, 3.63) is 77.9 Å². The molecule has 0 aliphatic rings. The molecule has 4 heteroatoms. The Morgan fingerprint density at radius 2 is 1.62 bits per heavy atom. The third-order valence-electron chi connectivity index (χ3n) is 3.57. The second kappa shape index (κ2) is 8.44. The molecule has 0 spiro atoms. The number of carbonyl (C=O) groups excluding carboxylic acids is 2. The first kappa shape index (κ1) is 17.2. The van der Waals surface area contributed by atoms with Crippen LogP contribution in [0.2, 0.25) is 0 Å². The van der Waals surface area contributed by atoms with Gasteiger partial charge in [0, 0.05) is 0 Å². The zero-order chi connectivity index (χ0) is 17.4. The molecule has 2 atom stereocenters. The van der Waals surface area contributed by atoms with E-state index in [2.05, 4.69) is 5.32 Å². The minimum Gasteiger partial charge on any atom is -0.348 e. The summed E-state index contributed by atoms with van der Waals surface area (Å²) in [6.07, 6.45) is 2.87. The molecule has 2 aromatic rings. The number of nitriles is 1. The molecule has 1 N–H and O–H groups in total. The number of carbonyl (C=O) groups is 2. The molecule has 0 saturated carbocycles. The maximum absolute atomic E-state index is 12.2. The Morgan fingerprint density at radius 3 is 2.21 bits per heavy atom. The molecule has 24 heavy (non-hydrogen) atoms. The molecule has 2 aromatic carbocycles. The molecular weight excluding hydrogens is 300 g/mol. The summed E-state index contributed by atoms with van der Waals surface area (Å²) >= 11 is 0. The van der Waals surface area contributed by atoms with E-state index in [-0.39, 0.29) is 6.04 Å². The van der Waals surface area contributed by atoms with Crippen molar-refractivity contribution in [3.8, 4) is 6.07 Å². The van der Waals surface area contributed by atoms with Crippen LogP contribution in [0, 0.1) is 17.2 Å². The molecule has 0 bridgehead atoms. The Morgan fingerprint density at radius 1 is 1.04 bits per heavy atom. The van der Waals surface area contributed by atoms with Crippen molar-refractivity contribution in [2.45, 2.75) is 13.0 Å². The maximum atomic E-state index is 12.2. The number of benzene rings is 2. The van der Waals surface area contributed by atoms with Gasteiger partial charge in [0.25, 0.3) is 0 Å². The lowest BCUT2D eigenvalue weighted by atomic mass is 10.0. The summed E-state index contributed by atoms with van der Waals surface area (Å²) in [4.78, 5) is 24.4. The van der Waals surface area contributed by atoms with E-state index in [9.17, 15) is 14.9 Å². The van der Waals surface area contributed by atoms with Crippen LogP contribution in [0.1, 0.15) is 24.1 Å². The Balaban J connectivity index is 2.02. The molecule has 4 nitrogen and oxygen atoms in total. The molecule has 0 aromatic heterocycles. The van der Waals surface area contributed by atoms with Crippen molar-refractivity contribution in [1.82, 2.24) is 5.32 Å². The summed E-state index contributed by atoms with van der Waals surface area (Å²) in [5, 5.41) is 11.9. The molecule has 0 aliphatic heterocycles. The van der Waals surface area contributed by atoms with E-state index in [1.165, 1.54) is 6.08 Å². The molecule has 1 amide bonds. The molecule has 120 valence electrons. The highest BCUT2D eigenvalue weighted by molar-refractivity contribution is 6.10. The van der Waals surface area contributed by atoms with Crippen LogP contribution in [-0.4, -0.2) is 11.7 Å². The van der Waals surface area contributed by atoms with Gasteiger partial charge in [-0.05, 0) is 24.1 Å². The van der Waals surface area contributed by atoms with Crippen LogP contribution in [0.4, 0.5) is 0 Å². The smallest absolute Gasteiger partial charge is 0.245 e. The predicted molar refractivity (Wildman–Crippen MR) is 92.6 cm³/mol. The Kier molecular flexibility index (Phi) is 6.04. The minimum atomic E-state index is -1.35. The van der Waals surface area contributed by atoms with Crippen LogP contribution in [0.3, 0.4) is 0 Å². The maximum Gasteiger partial charge on any atom is 0.245 e. The van der Waals surface area contributed by atoms with Crippen LogP contribution >= 0.6 is 0 Å². The van der Waals surface area contributed by atoms with Gasteiger partial charge in [-0.3, -0.25) is 9.59 Å². The van der Waals surface area contributed by atoms with Gasteiger partial charge in [-0.25, -0.2) is 0 Å².